The Bertz CT molecular complexity index is 355. The van der Waals surface area contributed by atoms with Crippen molar-refractivity contribution in [1.29, 1.82) is 0 Å². The van der Waals surface area contributed by atoms with Gasteiger partial charge in [-0.1, -0.05) is 0 Å². The van der Waals surface area contributed by atoms with E-state index in [4.69, 9.17) is 5.14 Å². The highest BCUT2D eigenvalue weighted by molar-refractivity contribution is 7.90. The zero-order valence-electron chi connectivity index (χ0n) is 6.56. The minimum absolute atomic E-state index is 0.236. The normalized spacial score (nSPS) is 11.5. The van der Waals surface area contributed by atoms with Gasteiger partial charge in [-0.2, -0.15) is 13.5 Å². The summed E-state index contributed by atoms with van der Waals surface area (Å²) in [4.78, 5) is 0. The molecule has 0 atom stereocenters. The van der Waals surface area contributed by atoms with Crippen molar-refractivity contribution in [2.45, 2.75) is 13.5 Å². The summed E-state index contributed by atoms with van der Waals surface area (Å²) in [7, 11) is -3.70. The van der Waals surface area contributed by atoms with Gasteiger partial charge in [0.2, 0.25) is 0 Å². The lowest BCUT2D eigenvalue weighted by molar-refractivity contribution is 0.602. The third-order valence-corrected chi connectivity index (χ3v) is 1.71. The topological polar surface area (TPSA) is 90.0 Å². The van der Waals surface area contributed by atoms with Crippen molar-refractivity contribution < 1.29 is 8.42 Å². The van der Waals surface area contributed by atoms with Gasteiger partial charge in [-0.3, -0.25) is 9.40 Å². The van der Waals surface area contributed by atoms with Crippen LogP contribution in [0.1, 0.15) is 6.92 Å². The number of nitrogens with zero attached hydrogens (tertiary/aromatic N) is 2. The number of nitrogens with one attached hydrogen (secondary N) is 1. The van der Waals surface area contributed by atoms with Gasteiger partial charge < -0.3 is 0 Å². The largest absolute Gasteiger partial charge is 0.297 e. The van der Waals surface area contributed by atoms with Gasteiger partial charge in [0.25, 0.3) is 10.2 Å². The first-order chi connectivity index (χ1) is 5.51. The van der Waals surface area contributed by atoms with E-state index in [1.807, 2.05) is 6.92 Å². The molecule has 12 heavy (non-hydrogen) atoms. The standard InChI is InChI=1S/C5H10N4O2S/c1-2-9-4-3-5(7-9)8-12(6,10)11/h3-4H,2H2,1H3,(H,7,8)(H2,6,10,11). The number of nitrogens with two attached hydrogens (primary N) is 1. The minimum atomic E-state index is -3.70. The number of aryl methyl sites for hydroxylation is 1. The Hall–Kier alpha value is -1.08. The molecule has 0 radical (unpaired) electrons. The molecule has 0 fully saturated rings. The molecule has 0 bridgehead atoms. The average molecular weight is 190 g/mol. The first-order valence-corrected chi connectivity index (χ1v) is 4.90. The maximum atomic E-state index is 10.5. The van der Waals surface area contributed by atoms with Crippen LogP contribution in [0.4, 0.5) is 5.82 Å². The third kappa shape index (κ3) is 2.51. The molecule has 0 aliphatic rings. The summed E-state index contributed by atoms with van der Waals surface area (Å²) in [5.41, 5.74) is 0. The Balaban J connectivity index is 2.78. The van der Waals surface area contributed by atoms with Gasteiger partial charge in [-0.25, -0.2) is 5.14 Å². The van der Waals surface area contributed by atoms with Crippen LogP contribution in [0, 0.1) is 0 Å². The van der Waals surface area contributed by atoms with Crippen LogP contribution in [0.5, 0.6) is 0 Å². The molecule has 1 aromatic heterocycles. The molecule has 1 rings (SSSR count). The first-order valence-electron chi connectivity index (χ1n) is 3.35. The molecular formula is C5H10N4O2S. The molecule has 0 amide bonds. The Morgan fingerprint density at radius 2 is 2.42 bits per heavy atom. The van der Waals surface area contributed by atoms with Crippen LogP contribution in [0.15, 0.2) is 12.3 Å². The van der Waals surface area contributed by atoms with Crippen LogP contribution in [-0.4, -0.2) is 18.2 Å². The predicted molar refractivity (Wildman–Crippen MR) is 44.6 cm³/mol. The van der Waals surface area contributed by atoms with Crippen molar-refractivity contribution in [3.8, 4) is 0 Å². The van der Waals surface area contributed by atoms with Gasteiger partial charge in [0.15, 0.2) is 5.82 Å². The van der Waals surface area contributed by atoms with E-state index in [2.05, 4.69) is 9.82 Å². The van der Waals surface area contributed by atoms with E-state index in [1.54, 1.807) is 10.9 Å². The first kappa shape index (κ1) is 9.01. The second kappa shape index (κ2) is 3.11. The fourth-order valence-corrected chi connectivity index (χ4v) is 1.14. The van der Waals surface area contributed by atoms with Crippen LogP contribution >= 0.6 is 0 Å². The van der Waals surface area contributed by atoms with Crippen LogP contribution < -0.4 is 9.86 Å². The number of hydrogen-bond acceptors (Lipinski definition) is 3. The van der Waals surface area contributed by atoms with Crippen LogP contribution in [0.3, 0.4) is 0 Å². The SMILES string of the molecule is CCn1ccc(NS(N)(=O)=O)n1. The lowest BCUT2D eigenvalue weighted by Gasteiger charge is -1.97. The molecule has 7 heteroatoms. The average Bonchev–Trinajstić information content (AvgIpc) is 2.32. The third-order valence-electron chi connectivity index (χ3n) is 1.21. The van der Waals surface area contributed by atoms with E-state index >= 15 is 0 Å². The molecule has 0 spiro atoms. The summed E-state index contributed by atoms with van der Waals surface area (Å²) in [5, 5.41) is 8.59. The zero-order chi connectivity index (χ0) is 9.19. The highest BCUT2D eigenvalue weighted by atomic mass is 32.2. The fourth-order valence-electron chi connectivity index (χ4n) is 0.738. The van der Waals surface area contributed by atoms with Gasteiger partial charge in [0.05, 0.1) is 0 Å². The highest BCUT2D eigenvalue weighted by Crippen LogP contribution is 2.02. The Kier molecular flexibility index (Phi) is 2.34. The molecule has 6 nitrogen and oxygen atoms in total. The number of aromatic nitrogens is 2. The summed E-state index contributed by atoms with van der Waals surface area (Å²) < 4.78 is 24.7. The van der Waals surface area contributed by atoms with Crippen LogP contribution in [0.2, 0.25) is 0 Å². The number of hydrogen-bond donors (Lipinski definition) is 2. The predicted octanol–water partition coefficient (Wildman–Crippen LogP) is -0.482. The molecule has 3 N–H and O–H groups in total. The van der Waals surface area contributed by atoms with Crippen molar-refractivity contribution in [2.24, 2.45) is 5.14 Å². The Labute approximate surface area is 70.6 Å². The van der Waals surface area contributed by atoms with Gasteiger partial charge in [-0.05, 0) is 6.92 Å². The van der Waals surface area contributed by atoms with Gasteiger partial charge in [-0.15, -0.1) is 0 Å². The van der Waals surface area contributed by atoms with Crippen molar-refractivity contribution in [3.63, 3.8) is 0 Å². The van der Waals surface area contributed by atoms with Crippen LogP contribution in [-0.2, 0) is 16.8 Å². The van der Waals surface area contributed by atoms with Gasteiger partial charge in [0, 0.05) is 18.8 Å². The summed E-state index contributed by atoms with van der Waals surface area (Å²) in [6.45, 7) is 2.58. The van der Waals surface area contributed by atoms with E-state index in [0.717, 1.165) is 0 Å². The number of anilines is 1. The highest BCUT2D eigenvalue weighted by Gasteiger charge is 2.03. The fraction of sp³-hybridized carbons (Fsp3) is 0.400. The molecule has 0 aliphatic carbocycles. The summed E-state index contributed by atoms with van der Waals surface area (Å²) in [6.07, 6.45) is 1.66. The lowest BCUT2D eigenvalue weighted by atomic mass is 10.7. The quantitative estimate of drug-likeness (QED) is 0.674. The molecule has 0 saturated heterocycles. The molecule has 0 aliphatic heterocycles. The van der Waals surface area contributed by atoms with E-state index < -0.39 is 10.2 Å². The van der Waals surface area contributed by atoms with Crippen molar-refractivity contribution >= 4 is 16.0 Å². The molecule has 68 valence electrons. The Morgan fingerprint density at radius 3 is 2.83 bits per heavy atom. The van der Waals surface area contributed by atoms with Gasteiger partial charge in [0.1, 0.15) is 0 Å². The molecular weight excluding hydrogens is 180 g/mol. The van der Waals surface area contributed by atoms with E-state index in [-0.39, 0.29) is 5.82 Å². The summed E-state index contributed by atoms with van der Waals surface area (Å²) in [5.74, 6) is 0.236. The second-order valence-electron chi connectivity index (χ2n) is 2.20. The number of rotatable bonds is 3. The zero-order valence-corrected chi connectivity index (χ0v) is 7.37. The molecule has 0 unspecified atom stereocenters. The minimum Gasteiger partial charge on any atom is -0.271 e. The smallest absolute Gasteiger partial charge is 0.271 e. The maximum Gasteiger partial charge on any atom is 0.297 e. The Morgan fingerprint density at radius 1 is 1.75 bits per heavy atom. The molecule has 0 saturated carbocycles. The lowest BCUT2D eigenvalue weighted by Crippen LogP contribution is -2.22. The summed E-state index contributed by atoms with van der Waals surface area (Å²) >= 11 is 0. The van der Waals surface area contributed by atoms with Gasteiger partial charge >= 0.3 is 0 Å². The van der Waals surface area contributed by atoms with Crippen molar-refractivity contribution in [2.75, 3.05) is 4.72 Å². The molecule has 1 aromatic rings. The van der Waals surface area contributed by atoms with E-state index in [9.17, 15) is 8.42 Å². The summed E-state index contributed by atoms with van der Waals surface area (Å²) in [6, 6.07) is 1.54. The van der Waals surface area contributed by atoms with Crippen molar-refractivity contribution in [3.05, 3.63) is 12.3 Å². The second-order valence-corrected chi connectivity index (χ2v) is 3.50. The van der Waals surface area contributed by atoms with Crippen LogP contribution in [0.25, 0.3) is 0 Å². The molecule has 0 aromatic carbocycles. The monoisotopic (exact) mass is 190 g/mol. The van der Waals surface area contributed by atoms with E-state index in [0.29, 0.717) is 6.54 Å². The maximum absolute atomic E-state index is 10.5. The molecule has 1 heterocycles. The van der Waals surface area contributed by atoms with E-state index in [1.165, 1.54) is 6.07 Å². The van der Waals surface area contributed by atoms with Crippen molar-refractivity contribution in [1.82, 2.24) is 9.78 Å².